The third-order valence-corrected chi connectivity index (χ3v) is 4.44. The molecule has 1 heterocycles. The van der Waals surface area contributed by atoms with E-state index in [0.717, 1.165) is 11.1 Å². The number of ether oxygens (including phenoxy) is 1. The first-order chi connectivity index (χ1) is 12.7. The van der Waals surface area contributed by atoms with Crippen LogP contribution >= 0.6 is 11.3 Å². The topological polar surface area (TPSA) is 79.2 Å². The fourth-order valence-electron chi connectivity index (χ4n) is 2.37. The molecule has 0 fully saturated rings. The van der Waals surface area contributed by atoms with Crippen LogP contribution in [0.25, 0.3) is 11.1 Å². The van der Waals surface area contributed by atoms with Gasteiger partial charge in [0.2, 0.25) is 0 Å². The number of benzene rings is 2. The molecule has 5 nitrogen and oxygen atoms in total. The summed E-state index contributed by atoms with van der Waals surface area (Å²) in [5, 5.41) is 13.3. The van der Waals surface area contributed by atoms with E-state index in [2.05, 4.69) is 5.32 Å². The highest BCUT2D eigenvalue weighted by molar-refractivity contribution is 7.12. The molecule has 1 N–H and O–H groups in total. The largest absolute Gasteiger partial charge is 0.451 e. The summed E-state index contributed by atoms with van der Waals surface area (Å²) >= 11 is 1.27. The number of carbonyl (C=O) groups excluding carboxylic acids is 2. The van der Waals surface area contributed by atoms with Crippen molar-refractivity contribution in [2.24, 2.45) is 0 Å². The maximum absolute atomic E-state index is 12.3. The fourth-order valence-corrected chi connectivity index (χ4v) is 3.18. The standard InChI is InChI=1S/C20H14N2O3S/c21-12-14-5-4-8-16(11-14)22-18(23)13-25-20(24)19-17(9-10-26-19)15-6-2-1-3-7-15/h1-11H,13H2,(H,22,23). The lowest BCUT2D eigenvalue weighted by molar-refractivity contribution is -0.119. The van der Waals surface area contributed by atoms with Gasteiger partial charge in [-0.15, -0.1) is 11.3 Å². The molecule has 2 aromatic carbocycles. The van der Waals surface area contributed by atoms with Crippen LogP contribution in [-0.4, -0.2) is 18.5 Å². The van der Waals surface area contributed by atoms with Gasteiger partial charge in [-0.25, -0.2) is 4.79 Å². The van der Waals surface area contributed by atoms with Gasteiger partial charge < -0.3 is 10.1 Å². The van der Waals surface area contributed by atoms with Crippen molar-refractivity contribution < 1.29 is 14.3 Å². The Hall–Kier alpha value is -3.43. The summed E-state index contributed by atoms with van der Waals surface area (Å²) in [4.78, 5) is 24.7. The molecule has 3 rings (SSSR count). The van der Waals surface area contributed by atoms with Crippen LogP contribution in [0.1, 0.15) is 15.2 Å². The molecule has 0 unspecified atom stereocenters. The highest BCUT2D eigenvalue weighted by Crippen LogP contribution is 2.28. The van der Waals surface area contributed by atoms with Crippen molar-refractivity contribution in [3.63, 3.8) is 0 Å². The molecule has 0 saturated carbocycles. The zero-order chi connectivity index (χ0) is 18.4. The van der Waals surface area contributed by atoms with Crippen molar-refractivity contribution in [3.8, 4) is 17.2 Å². The van der Waals surface area contributed by atoms with Gasteiger partial charge in [-0.1, -0.05) is 36.4 Å². The fraction of sp³-hybridized carbons (Fsp3) is 0.0500. The number of anilines is 1. The molecule has 1 aromatic heterocycles. The van der Waals surface area contributed by atoms with Crippen molar-refractivity contribution >= 4 is 28.9 Å². The minimum Gasteiger partial charge on any atom is -0.451 e. The number of thiophene rings is 1. The van der Waals surface area contributed by atoms with E-state index < -0.39 is 18.5 Å². The maximum Gasteiger partial charge on any atom is 0.349 e. The smallest absolute Gasteiger partial charge is 0.349 e. The van der Waals surface area contributed by atoms with Gasteiger partial charge in [0.05, 0.1) is 11.6 Å². The molecule has 0 aliphatic rings. The number of esters is 1. The van der Waals surface area contributed by atoms with Crippen LogP contribution in [0.3, 0.4) is 0 Å². The second-order valence-corrected chi connectivity index (χ2v) is 6.26. The van der Waals surface area contributed by atoms with Gasteiger partial charge in [-0.2, -0.15) is 5.26 Å². The van der Waals surface area contributed by atoms with Gasteiger partial charge in [-0.3, -0.25) is 4.79 Å². The summed E-state index contributed by atoms with van der Waals surface area (Å²) in [5.41, 5.74) is 2.61. The monoisotopic (exact) mass is 362 g/mol. The van der Waals surface area contributed by atoms with E-state index in [4.69, 9.17) is 10.00 Å². The van der Waals surface area contributed by atoms with E-state index >= 15 is 0 Å². The Morgan fingerprint density at radius 2 is 1.88 bits per heavy atom. The van der Waals surface area contributed by atoms with Crippen LogP contribution < -0.4 is 5.32 Å². The lowest BCUT2D eigenvalue weighted by Crippen LogP contribution is -2.20. The van der Waals surface area contributed by atoms with Crippen LogP contribution in [0.15, 0.2) is 66.0 Å². The first-order valence-electron chi connectivity index (χ1n) is 7.77. The van der Waals surface area contributed by atoms with Crippen molar-refractivity contribution in [2.45, 2.75) is 0 Å². The molecule has 0 bridgehead atoms. The Balaban J connectivity index is 1.62. The summed E-state index contributed by atoms with van der Waals surface area (Å²) in [6, 6.07) is 19.9. The van der Waals surface area contributed by atoms with Crippen molar-refractivity contribution in [3.05, 3.63) is 76.5 Å². The Labute approximate surface area is 154 Å². The Morgan fingerprint density at radius 1 is 1.08 bits per heavy atom. The summed E-state index contributed by atoms with van der Waals surface area (Å²) in [6.45, 7) is -0.401. The Kier molecular flexibility index (Phi) is 5.42. The predicted octanol–water partition coefficient (Wildman–Crippen LogP) is 4.08. The van der Waals surface area contributed by atoms with Gasteiger partial charge in [0.25, 0.3) is 5.91 Å². The summed E-state index contributed by atoms with van der Waals surface area (Å²) in [7, 11) is 0. The zero-order valence-electron chi connectivity index (χ0n) is 13.6. The lowest BCUT2D eigenvalue weighted by atomic mass is 10.1. The van der Waals surface area contributed by atoms with Crippen LogP contribution in [-0.2, 0) is 9.53 Å². The lowest BCUT2D eigenvalue weighted by Gasteiger charge is -2.07. The molecular formula is C20H14N2O3S. The van der Waals surface area contributed by atoms with Gasteiger partial charge in [-0.05, 0) is 35.2 Å². The average Bonchev–Trinajstić information content (AvgIpc) is 3.17. The minimum atomic E-state index is -0.542. The molecular weight excluding hydrogens is 348 g/mol. The number of nitrogens with one attached hydrogen (secondary N) is 1. The van der Waals surface area contributed by atoms with Crippen LogP contribution in [0.4, 0.5) is 5.69 Å². The van der Waals surface area contributed by atoms with Gasteiger partial charge in [0.15, 0.2) is 6.61 Å². The SMILES string of the molecule is N#Cc1cccc(NC(=O)COC(=O)c2sccc2-c2ccccc2)c1. The third kappa shape index (κ3) is 4.15. The maximum atomic E-state index is 12.3. The van der Waals surface area contributed by atoms with Crippen LogP contribution in [0, 0.1) is 11.3 Å². The second kappa shape index (κ2) is 8.10. The third-order valence-electron chi connectivity index (χ3n) is 3.55. The molecule has 0 aliphatic carbocycles. The molecule has 128 valence electrons. The highest BCUT2D eigenvalue weighted by atomic mass is 32.1. The summed E-state index contributed by atoms with van der Waals surface area (Å²) in [5.74, 6) is -1.01. The molecule has 0 atom stereocenters. The van der Waals surface area contributed by atoms with E-state index in [1.54, 1.807) is 24.3 Å². The molecule has 0 saturated heterocycles. The van der Waals surface area contributed by atoms with Crippen LogP contribution in [0.2, 0.25) is 0 Å². The number of hydrogen-bond donors (Lipinski definition) is 1. The minimum absolute atomic E-state index is 0.401. The molecule has 1 amide bonds. The normalized spacial score (nSPS) is 9.96. The van der Waals surface area contributed by atoms with E-state index in [-0.39, 0.29) is 0 Å². The summed E-state index contributed by atoms with van der Waals surface area (Å²) in [6.07, 6.45) is 0. The molecule has 3 aromatic rings. The van der Waals surface area contributed by atoms with E-state index in [1.807, 2.05) is 47.8 Å². The number of amides is 1. The first kappa shape index (κ1) is 17.4. The van der Waals surface area contributed by atoms with E-state index in [0.29, 0.717) is 16.1 Å². The van der Waals surface area contributed by atoms with Gasteiger partial charge >= 0.3 is 5.97 Å². The molecule has 0 spiro atoms. The number of hydrogen-bond acceptors (Lipinski definition) is 5. The quantitative estimate of drug-likeness (QED) is 0.694. The van der Waals surface area contributed by atoms with E-state index in [1.165, 1.54) is 11.3 Å². The first-order valence-corrected chi connectivity index (χ1v) is 8.65. The zero-order valence-corrected chi connectivity index (χ0v) is 14.5. The molecule has 0 aliphatic heterocycles. The Bertz CT molecular complexity index is 974. The van der Waals surface area contributed by atoms with Crippen molar-refractivity contribution in [1.29, 1.82) is 5.26 Å². The van der Waals surface area contributed by atoms with E-state index in [9.17, 15) is 9.59 Å². The highest BCUT2D eigenvalue weighted by Gasteiger charge is 2.17. The average molecular weight is 362 g/mol. The summed E-state index contributed by atoms with van der Waals surface area (Å²) < 4.78 is 5.13. The number of rotatable bonds is 5. The molecule has 6 heteroatoms. The Morgan fingerprint density at radius 3 is 2.65 bits per heavy atom. The van der Waals surface area contributed by atoms with Crippen molar-refractivity contribution in [1.82, 2.24) is 0 Å². The van der Waals surface area contributed by atoms with Crippen molar-refractivity contribution in [2.75, 3.05) is 11.9 Å². The second-order valence-electron chi connectivity index (χ2n) is 5.35. The van der Waals surface area contributed by atoms with Crippen LogP contribution in [0.5, 0.6) is 0 Å². The van der Waals surface area contributed by atoms with Gasteiger partial charge in [0.1, 0.15) is 4.88 Å². The number of nitrogens with zero attached hydrogens (tertiary/aromatic N) is 1. The van der Waals surface area contributed by atoms with Gasteiger partial charge in [0, 0.05) is 11.3 Å². The predicted molar refractivity (Wildman–Crippen MR) is 99.8 cm³/mol. The number of carbonyl (C=O) groups is 2. The number of nitriles is 1. The molecule has 0 radical (unpaired) electrons. The molecule has 26 heavy (non-hydrogen) atoms.